The molecule has 1 saturated heterocycles. The van der Waals surface area contributed by atoms with Crippen molar-refractivity contribution < 1.29 is 40.1 Å². The molecule has 1 aliphatic heterocycles. The highest BCUT2D eigenvalue weighted by Gasteiger charge is 2.48. The molecule has 1 aromatic carbocycles. The summed E-state index contributed by atoms with van der Waals surface area (Å²) in [7, 11) is -5.71. The van der Waals surface area contributed by atoms with E-state index in [1.165, 1.54) is 25.0 Å². The molecule has 1 aliphatic rings. The fourth-order valence-corrected chi connectivity index (χ4v) is 2.86. The average molecular weight is 468 g/mol. The number of carbonyl (C=O) groups excluding carboxylic acids is 2. The van der Waals surface area contributed by atoms with Crippen molar-refractivity contribution in [3.63, 3.8) is 0 Å². The molecule has 1 atom stereocenters. The Balaban J connectivity index is 0.000000577. The maximum absolute atomic E-state index is 12.2. The largest absolute Gasteiger partial charge is 0.534 e. The van der Waals surface area contributed by atoms with E-state index in [1.807, 2.05) is 0 Å². The number of rotatable bonds is 5. The van der Waals surface area contributed by atoms with E-state index in [9.17, 15) is 31.2 Å². The van der Waals surface area contributed by atoms with E-state index in [2.05, 4.69) is 9.50 Å². The highest BCUT2D eigenvalue weighted by Crippen LogP contribution is 2.27. The Bertz CT molecular complexity index is 830. The monoisotopic (exact) mass is 468 g/mol. The Labute approximate surface area is 179 Å². The van der Waals surface area contributed by atoms with Gasteiger partial charge in [0.15, 0.2) is 0 Å². The van der Waals surface area contributed by atoms with Crippen molar-refractivity contribution in [1.29, 1.82) is 0 Å². The standard InChI is InChI=1S/C14H18F3NO5S.C5H9NO/c1-9(18-12(19)22-13(2,3)4)10-5-7-11(8-6-10)23-24(20,21)14(15,16)17;7-5-6-3-1-2-4-6/h5-9H,1-4H3,(H,18,19);5H,1-4H2. The van der Waals surface area contributed by atoms with Gasteiger partial charge in [0.05, 0.1) is 6.04 Å². The number of hydrogen-bond donors (Lipinski definition) is 1. The van der Waals surface area contributed by atoms with Gasteiger partial charge in [-0.25, -0.2) is 4.79 Å². The van der Waals surface area contributed by atoms with Crippen molar-refractivity contribution in [2.45, 2.75) is 57.7 Å². The predicted molar refractivity (Wildman–Crippen MR) is 107 cm³/mol. The van der Waals surface area contributed by atoms with Crippen molar-refractivity contribution in [1.82, 2.24) is 10.2 Å². The van der Waals surface area contributed by atoms with E-state index in [0.717, 1.165) is 31.6 Å². The van der Waals surface area contributed by atoms with Crippen LogP contribution in [0.3, 0.4) is 0 Å². The molecule has 1 aromatic rings. The molecule has 0 bridgehead atoms. The van der Waals surface area contributed by atoms with Crippen molar-refractivity contribution in [3.8, 4) is 5.75 Å². The summed E-state index contributed by atoms with van der Waals surface area (Å²) in [6.45, 7) is 8.68. The molecule has 1 fully saturated rings. The third kappa shape index (κ3) is 9.45. The van der Waals surface area contributed by atoms with Crippen LogP contribution in [0.15, 0.2) is 24.3 Å². The van der Waals surface area contributed by atoms with Crippen molar-refractivity contribution in [2.75, 3.05) is 13.1 Å². The van der Waals surface area contributed by atoms with Gasteiger partial charge in [0.1, 0.15) is 11.4 Å². The Morgan fingerprint density at radius 3 is 2.03 bits per heavy atom. The number of halogens is 3. The fraction of sp³-hybridized carbons (Fsp3) is 0.579. The molecule has 31 heavy (non-hydrogen) atoms. The predicted octanol–water partition coefficient (Wildman–Crippen LogP) is 3.74. The van der Waals surface area contributed by atoms with E-state index < -0.39 is 39.1 Å². The molecule has 12 heteroatoms. The van der Waals surface area contributed by atoms with Crippen LogP contribution in [0.1, 0.15) is 52.1 Å². The van der Waals surface area contributed by atoms with Gasteiger partial charge in [-0.05, 0) is 58.2 Å². The molecule has 0 spiro atoms. The summed E-state index contributed by atoms with van der Waals surface area (Å²) in [6.07, 6.45) is 2.65. The number of amides is 2. The van der Waals surface area contributed by atoms with Crippen LogP contribution in [-0.2, 0) is 19.6 Å². The number of ether oxygens (including phenoxy) is 1. The maximum Gasteiger partial charge on any atom is 0.534 e. The lowest BCUT2D eigenvalue weighted by Crippen LogP contribution is -2.34. The van der Waals surface area contributed by atoms with E-state index in [4.69, 9.17) is 4.74 Å². The summed E-state index contributed by atoms with van der Waals surface area (Å²) in [6, 6.07) is 4.29. The zero-order valence-corrected chi connectivity index (χ0v) is 18.5. The van der Waals surface area contributed by atoms with Crippen LogP contribution in [0, 0.1) is 0 Å². The minimum atomic E-state index is -5.71. The number of benzene rings is 1. The number of hydrogen-bond acceptors (Lipinski definition) is 6. The van der Waals surface area contributed by atoms with Gasteiger partial charge in [-0.3, -0.25) is 4.79 Å². The van der Waals surface area contributed by atoms with E-state index >= 15 is 0 Å². The molecule has 1 unspecified atom stereocenters. The van der Waals surface area contributed by atoms with Gasteiger partial charge < -0.3 is 19.1 Å². The van der Waals surface area contributed by atoms with Gasteiger partial charge in [-0.15, -0.1) is 0 Å². The van der Waals surface area contributed by atoms with Crippen LogP contribution >= 0.6 is 0 Å². The zero-order chi connectivity index (χ0) is 23.9. The van der Waals surface area contributed by atoms with E-state index in [-0.39, 0.29) is 0 Å². The Hall–Kier alpha value is -2.50. The van der Waals surface area contributed by atoms with Gasteiger partial charge in [0, 0.05) is 13.1 Å². The average Bonchev–Trinajstić information content (AvgIpc) is 3.13. The lowest BCUT2D eigenvalue weighted by molar-refractivity contribution is -0.117. The highest BCUT2D eigenvalue weighted by molar-refractivity contribution is 7.88. The van der Waals surface area contributed by atoms with Crippen LogP contribution in [0.4, 0.5) is 18.0 Å². The highest BCUT2D eigenvalue weighted by atomic mass is 32.2. The lowest BCUT2D eigenvalue weighted by atomic mass is 10.1. The molecule has 8 nitrogen and oxygen atoms in total. The van der Waals surface area contributed by atoms with Crippen LogP contribution < -0.4 is 9.50 Å². The van der Waals surface area contributed by atoms with Gasteiger partial charge in [-0.2, -0.15) is 21.6 Å². The Morgan fingerprint density at radius 2 is 1.65 bits per heavy atom. The number of likely N-dealkylation sites (tertiary alicyclic amines) is 1. The fourth-order valence-electron chi connectivity index (χ4n) is 2.40. The van der Waals surface area contributed by atoms with Crippen molar-refractivity contribution >= 4 is 22.6 Å². The molecule has 0 saturated carbocycles. The molecular formula is C19H27F3N2O6S. The molecule has 1 heterocycles. The van der Waals surface area contributed by atoms with Crippen LogP contribution in [0.2, 0.25) is 0 Å². The van der Waals surface area contributed by atoms with Crippen LogP contribution in [0.25, 0.3) is 0 Å². The summed E-state index contributed by atoms with van der Waals surface area (Å²) in [4.78, 5) is 23.4. The van der Waals surface area contributed by atoms with Gasteiger partial charge >= 0.3 is 21.7 Å². The molecule has 0 aliphatic carbocycles. The minimum Gasteiger partial charge on any atom is -0.444 e. The molecule has 2 amide bonds. The first-order valence-electron chi connectivity index (χ1n) is 9.44. The van der Waals surface area contributed by atoms with Crippen molar-refractivity contribution in [3.05, 3.63) is 29.8 Å². The van der Waals surface area contributed by atoms with Gasteiger partial charge in [0.25, 0.3) is 0 Å². The normalized spacial score (nSPS) is 15.4. The molecule has 2 rings (SSSR count). The van der Waals surface area contributed by atoms with E-state index in [0.29, 0.717) is 5.56 Å². The van der Waals surface area contributed by atoms with E-state index in [1.54, 1.807) is 32.6 Å². The third-order valence-corrected chi connectivity index (χ3v) is 4.87. The van der Waals surface area contributed by atoms with Crippen molar-refractivity contribution in [2.24, 2.45) is 0 Å². The lowest BCUT2D eigenvalue weighted by Gasteiger charge is -2.22. The Morgan fingerprint density at radius 1 is 1.13 bits per heavy atom. The number of nitrogens with one attached hydrogen (secondary N) is 1. The topological polar surface area (TPSA) is 102 Å². The van der Waals surface area contributed by atoms with Gasteiger partial charge in [-0.1, -0.05) is 12.1 Å². The first kappa shape index (κ1) is 26.5. The summed E-state index contributed by atoms with van der Waals surface area (Å²) in [5.74, 6) is -0.486. The third-order valence-electron chi connectivity index (χ3n) is 3.89. The number of nitrogens with zero attached hydrogens (tertiary/aromatic N) is 1. The second kappa shape index (κ2) is 10.7. The van der Waals surface area contributed by atoms with Crippen LogP contribution in [-0.4, -0.2) is 50.0 Å². The smallest absolute Gasteiger partial charge is 0.444 e. The molecule has 0 radical (unpaired) electrons. The first-order chi connectivity index (χ1) is 14.1. The van der Waals surface area contributed by atoms with Crippen LogP contribution in [0.5, 0.6) is 5.75 Å². The summed E-state index contributed by atoms with van der Waals surface area (Å²) < 4.78 is 67.5. The molecule has 176 valence electrons. The van der Waals surface area contributed by atoms with Gasteiger partial charge in [0.2, 0.25) is 6.41 Å². The Kier molecular flexibility index (Phi) is 9.15. The molecular weight excluding hydrogens is 441 g/mol. The number of carbonyl (C=O) groups is 2. The number of alkyl carbamates (subject to hydrolysis) is 1. The zero-order valence-electron chi connectivity index (χ0n) is 17.7. The quantitative estimate of drug-likeness (QED) is 0.401. The second-order valence-electron chi connectivity index (χ2n) is 7.77. The number of alkyl halides is 3. The molecule has 0 aromatic heterocycles. The summed E-state index contributed by atoms with van der Waals surface area (Å²) in [5.41, 5.74) is -5.65. The summed E-state index contributed by atoms with van der Waals surface area (Å²) in [5, 5.41) is 2.54. The molecule has 1 N–H and O–H groups in total. The summed E-state index contributed by atoms with van der Waals surface area (Å²) >= 11 is 0. The SMILES string of the molecule is CC(NC(=O)OC(C)(C)C)c1ccc(OS(=O)(=O)C(F)(F)F)cc1.O=CN1CCCC1. The minimum absolute atomic E-state index is 0.486. The second-order valence-corrected chi connectivity index (χ2v) is 9.31. The maximum atomic E-state index is 12.2. The first-order valence-corrected chi connectivity index (χ1v) is 10.8.